The van der Waals surface area contributed by atoms with E-state index < -0.39 is 17.7 Å². The van der Waals surface area contributed by atoms with E-state index in [0.717, 1.165) is 13.0 Å². The van der Waals surface area contributed by atoms with Gasteiger partial charge in [0.1, 0.15) is 0 Å². The van der Waals surface area contributed by atoms with Gasteiger partial charge in [0.2, 0.25) is 0 Å². The van der Waals surface area contributed by atoms with Gasteiger partial charge in [-0.25, -0.2) is 0 Å². The lowest BCUT2D eigenvalue weighted by molar-refractivity contribution is -0.138. The first kappa shape index (κ1) is 16.6. The summed E-state index contributed by atoms with van der Waals surface area (Å²) in [5.41, 5.74) is 6.27. The predicted octanol–water partition coefficient (Wildman–Crippen LogP) is -0.407. The quantitative estimate of drug-likeness (QED) is 0.389. The third-order valence-corrected chi connectivity index (χ3v) is 2.67. The average molecular weight is 292 g/mol. The Morgan fingerprint density at radius 1 is 1.10 bits per heavy atom. The summed E-state index contributed by atoms with van der Waals surface area (Å²) in [6.45, 7) is 1.17. The van der Waals surface area contributed by atoms with Crippen molar-refractivity contribution < 1.29 is 14.4 Å². The molecule has 0 heterocycles. The van der Waals surface area contributed by atoms with Crippen molar-refractivity contribution in [2.24, 2.45) is 0 Å². The minimum atomic E-state index is -0.971. The third kappa shape index (κ3) is 6.05. The van der Waals surface area contributed by atoms with Crippen molar-refractivity contribution in [3.63, 3.8) is 0 Å². The van der Waals surface area contributed by atoms with Gasteiger partial charge in [0.15, 0.2) is 0 Å². The van der Waals surface area contributed by atoms with Crippen molar-refractivity contribution in [2.45, 2.75) is 6.42 Å². The normalized spacial score (nSPS) is 10.2. The maximum atomic E-state index is 11.7. The first-order valence-electron chi connectivity index (χ1n) is 6.54. The number of nitrogens with zero attached hydrogens (tertiary/aromatic N) is 1. The van der Waals surface area contributed by atoms with Gasteiger partial charge in [0, 0.05) is 17.8 Å². The Bertz CT molecular complexity index is 511. The highest BCUT2D eigenvalue weighted by atomic mass is 16.2. The van der Waals surface area contributed by atoms with E-state index in [1.54, 1.807) is 12.1 Å². The number of hydrogen-bond donors (Lipinski definition) is 3. The molecule has 0 saturated carbocycles. The average Bonchev–Trinajstić information content (AvgIpc) is 2.43. The second kappa shape index (κ2) is 8.01. The van der Waals surface area contributed by atoms with Gasteiger partial charge in [-0.1, -0.05) is 0 Å². The van der Waals surface area contributed by atoms with Gasteiger partial charge in [0.05, 0.1) is 0 Å². The first-order valence-corrected chi connectivity index (χ1v) is 6.54. The molecule has 7 heteroatoms. The summed E-state index contributed by atoms with van der Waals surface area (Å²) >= 11 is 0. The molecule has 0 bridgehead atoms. The van der Waals surface area contributed by atoms with Crippen LogP contribution in [0.1, 0.15) is 16.8 Å². The zero-order chi connectivity index (χ0) is 15.8. The van der Waals surface area contributed by atoms with Gasteiger partial charge < -0.3 is 16.0 Å². The number of nitrogens with one attached hydrogen (secondary N) is 2. The molecule has 1 rings (SSSR count). The van der Waals surface area contributed by atoms with Crippen LogP contribution in [0.15, 0.2) is 24.3 Å². The molecule has 0 atom stereocenters. The van der Waals surface area contributed by atoms with Crippen LogP contribution in [-0.4, -0.2) is 49.8 Å². The number of rotatable bonds is 5. The van der Waals surface area contributed by atoms with Crippen LogP contribution in [0.4, 0.5) is 5.69 Å². The van der Waals surface area contributed by atoms with Crippen LogP contribution in [0.2, 0.25) is 0 Å². The molecule has 1 aromatic rings. The fourth-order valence-corrected chi connectivity index (χ4v) is 1.54. The van der Waals surface area contributed by atoms with Gasteiger partial charge in [-0.3, -0.25) is 19.7 Å². The lowest BCUT2D eigenvalue weighted by Gasteiger charge is -2.09. The lowest BCUT2D eigenvalue weighted by atomic mass is 10.2. The Morgan fingerprint density at radius 2 is 1.71 bits per heavy atom. The fourth-order valence-electron chi connectivity index (χ4n) is 1.54. The second-order valence-electron chi connectivity index (χ2n) is 4.82. The molecular formula is C14H20N4O3. The molecule has 0 radical (unpaired) electrons. The first-order chi connectivity index (χ1) is 9.90. The van der Waals surface area contributed by atoms with E-state index in [2.05, 4.69) is 5.32 Å². The summed E-state index contributed by atoms with van der Waals surface area (Å²) in [5, 5.41) is 4.48. The molecule has 0 aliphatic heterocycles. The number of carbonyl (C=O) groups excluding carboxylic acids is 3. The van der Waals surface area contributed by atoms with Gasteiger partial charge in [0.25, 0.3) is 5.91 Å². The van der Waals surface area contributed by atoms with Crippen LogP contribution in [0, 0.1) is 0 Å². The second-order valence-corrected chi connectivity index (χ2v) is 4.82. The molecule has 0 fully saturated rings. The zero-order valence-electron chi connectivity index (χ0n) is 12.2. The summed E-state index contributed by atoms with van der Waals surface area (Å²) < 4.78 is 0. The van der Waals surface area contributed by atoms with Crippen molar-refractivity contribution in [3.05, 3.63) is 29.8 Å². The smallest absolute Gasteiger partial charge is 0.316 e. The Labute approximate surface area is 123 Å². The molecule has 0 aromatic heterocycles. The number of nitrogen functional groups attached to an aromatic ring is 1. The number of benzene rings is 1. The van der Waals surface area contributed by atoms with Crippen molar-refractivity contribution in [1.29, 1.82) is 0 Å². The van der Waals surface area contributed by atoms with Crippen molar-refractivity contribution in [1.82, 2.24) is 15.5 Å². The fraction of sp³-hybridized carbons (Fsp3) is 0.357. The molecule has 0 aliphatic rings. The molecule has 7 nitrogen and oxygen atoms in total. The van der Waals surface area contributed by atoms with Crippen molar-refractivity contribution in [3.8, 4) is 0 Å². The summed E-state index contributed by atoms with van der Waals surface area (Å²) in [4.78, 5) is 36.7. The summed E-state index contributed by atoms with van der Waals surface area (Å²) in [6.07, 6.45) is 0.720. The van der Waals surface area contributed by atoms with Crippen LogP contribution in [0.25, 0.3) is 0 Å². The van der Waals surface area contributed by atoms with Gasteiger partial charge in [-0.2, -0.15) is 0 Å². The number of anilines is 1. The number of nitrogens with two attached hydrogens (primary N) is 1. The Morgan fingerprint density at radius 3 is 2.29 bits per heavy atom. The Kier molecular flexibility index (Phi) is 6.35. The summed E-state index contributed by atoms with van der Waals surface area (Å²) in [6, 6.07) is 6.04. The molecule has 0 aliphatic carbocycles. The molecule has 0 saturated heterocycles. The molecule has 114 valence electrons. The lowest BCUT2D eigenvalue weighted by Crippen LogP contribution is -2.43. The highest BCUT2D eigenvalue weighted by Crippen LogP contribution is 2.04. The van der Waals surface area contributed by atoms with E-state index >= 15 is 0 Å². The summed E-state index contributed by atoms with van der Waals surface area (Å²) in [5.74, 6) is -2.43. The van der Waals surface area contributed by atoms with Crippen molar-refractivity contribution in [2.75, 3.05) is 32.9 Å². The monoisotopic (exact) mass is 292 g/mol. The molecule has 1 aromatic carbocycles. The number of amides is 3. The van der Waals surface area contributed by atoms with Crippen LogP contribution >= 0.6 is 0 Å². The van der Waals surface area contributed by atoms with Crippen molar-refractivity contribution >= 4 is 23.4 Å². The zero-order valence-corrected chi connectivity index (χ0v) is 12.2. The largest absolute Gasteiger partial charge is 0.399 e. The Balaban J connectivity index is 2.39. The van der Waals surface area contributed by atoms with E-state index in [-0.39, 0.29) is 5.56 Å². The minimum absolute atomic E-state index is 0.262. The van der Waals surface area contributed by atoms with Crippen LogP contribution < -0.4 is 16.4 Å². The molecule has 0 spiro atoms. The molecule has 0 unspecified atom stereocenters. The number of carbonyl (C=O) groups is 3. The standard InChI is InChI=1S/C14H20N4O3/c1-18(2)9-3-8-16-13(20)14(21)17-12(19)10-4-6-11(15)7-5-10/h4-7H,3,8-9,15H2,1-2H3,(H,16,20)(H,17,19,21). The topological polar surface area (TPSA) is 105 Å². The molecule has 21 heavy (non-hydrogen) atoms. The third-order valence-electron chi connectivity index (χ3n) is 2.67. The van der Waals surface area contributed by atoms with Gasteiger partial charge in [-0.15, -0.1) is 0 Å². The minimum Gasteiger partial charge on any atom is -0.399 e. The van der Waals surface area contributed by atoms with E-state index in [1.807, 2.05) is 24.3 Å². The van der Waals surface area contributed by atoms with Crippen LogP contribution in [0.3, 0.4) is 0 Å². The number of imide groups is 1. The highest BCUT2D eigenvalue weighted by Gasteiger charge is 2.17. The van der Waals surface area contributed by atoms with E-state index in [9.17, 15) is 14.4 Å². The van der Waals surface area contributed by atoms with Crippen LogP contribution in [0.5, 0.6) is 0 Å². The number of hydrogen-bond acceptors (Lipinski definition) is 5. The predicted molar refractivity (Wildman–Crippen MR) is 79.5 cm³/mol. The summed E-state index contributed by atoms with van der Waals surface area (Å²) in [7, 11) is 3.83. The van der Waals surface area contributed by atoms with E-state index in [1.165, 1.54) is 12.1 Å². The molecule has 4 N–H and O–H groups in total. The Hall–Kier alpha value is -2.41. The van der Waals surface area contributed by atoms with Crippen LogP contribution in [-0.2, 0) is 9.59 Å². The van der Waals surface area contributed by atoms with E-state index in [0.29, 0.717) is 12.2 Å². The maximum absolute atomic E-state index is 11.7. The SMILES string of the molecule is CN(C)CCCNC(=O)C(=O)NC(=O)c1ccc(N)cc1. The van der Waals surface area contributed by atoms with E-state index in [4.69, 9.17) is 5.73 Å². The molecular weight excluding hydrogens is 272 g/mol. The van der Waals surface area contributed by atoms with Gasteiger partial charge in [-0.05, 0) is 51.3 Å². The maximum Gasteiger partial charge on any atom is 0.316 e. The molecule has 3 amide bonds. The highest BCUT2D eigenvalue weighted by molar-refractivity contribution is 6.38. The van der Waals surface area contributed by atoms with Gasteiger partial charge >= 0.3 is 11.8 Å².